The van der Waals surface area contributed by atoms with Gasteiger partial charge in [-0.2, -0.15) is 0 Å². The number of anilines is 1. The minimum atomic E-state index is -3.27. The van der Waals surface area contributed by atoms with Crippen molar-refractivity contribution < 1.29 is 8.42 Å². The van der Waals surface area contributed by atoms with E-state index in [0.29, 0.717) is 34.6 Å². The Balaban J connectivity index is 1.43. The van der Waals surface area contributed by atoms with E-state index in [1.54, 1.807) is 0 Å². The molecule has 4 heteroatoms. The van der Waals surface area contributed by atoms with Crippen LogP contribution in [0.2, 0.25) is 0 Å². The fraction of sp³-hybridized carbons (Fsp3) is 0.727. The van der Waals surface area contributed by atoms with Gasteiger partial charge in [0.25, 0.3) is 0 Å². The van der Waals surface area contributed by atoms with Gasteiger partial charge in [0.05, 0.1) is 5.75 Å². The first-order chi connectivity index (χ1) is 12.2. The molecule has 4 bridgehead atoms. The maximum absolute atomic E-state index is 12.7. The molecule has 3 nitrogen and oxygen atoms in total. The van der Waals surface area contributed by atoms with Crippen LogP contribution in [0.3, 0.4) is 0 Å². The molecular weight excluding hydrogens is 342 g/mol. The molecule has 0 radical (unpaired) electrons. The summed E-state index contributed by atoms with van der Waals surface area (Å²) in [5, 5.41) is 0. The predicted octanol–water partition coefficient (Wildman–Crippen LogP) is 5.16. The van der Waals surface area contributed by atoms with E-state index in [0.717, 1.165) is 17.8 Å². The van der Waals surface area contributed by atoms with Crippen LogP contribution in [0, 0.1) is 40.9 Å². The van der Waals surface area contributed by atoms with Gasteiger partial charge in [-0.05, 0) is 85.2 Å². The van der Waals surface area contributed by atoms with Gasteiger partial charge in [0.2, 0.25) is 10.0 Å². The lowest BCUT2D eigenvalue weighted by molar-refractivity contribution is -0.0838. The van der Waals surface area contributed by atoms with Gasteiger partial charge in [0.1, 0.15) is 0 Å². The summed E-state index contributed by atoms with van der Waals surface area (Å²) in [7, 11) is -3.27. The van der Waals surface area contributed by atoms with Gasteiger partial charge < -0.3 is 0 Å². The SMILES string of the molecule is CC(C)(C)CC1C2CC3CC1CC(C2)C3CS(=O)(=O)Nc1ccccc1. The highest BCUT2D eigenvalue weighted by Gasteiger charge is 2.53. The van der Waals surface area contributed by atoms with Crippen LogP contribution in [0.1, 0.15) is 52.9 Å². The molecule has 0 atom stereocenters. The summed E-state index contributed by atoms with van der Waals surface area (Å²) in [6, 6.07) is 9.30. The number of benzene rings is 1. The van der Waals surface area contributed by atoms with E-state index >= 15 is 0 Å². The molecule has 4 aliphatic carbocycles. The van der Waals surface area contributed by atoms with E-state index in [9.17, 15) is 8.42 Å². The molecule has 5 rings (SSSR count). The van der Waals surface area contributed by atoms with Crippen molar-refractivity contribution in [2.45, 2.75) is 52.9 Å². The molecule has 4 fully saturated rings. The topological polar surface area (TPSA) is 46.2 Å². The Bertz CT molecular complexity index is 705. The number of nitrogens with one attached hydrogen (secondary N) is 1. The van der Waals surface area contributed by atoms with E-state index < -0.39 is 10.0 Å². The van der Waals surface area contributed by atoms with Gasteiger partial charge in [0.15, 0.2) is 0 Å². The van der Waals surface area contributed by atoms with Crippen LogP contribution in [0.4, 0.5) is 5.69 Å². The van der Waals surface area contributed by atoms with Crippen molar-refractivity contribution in [2.24, 2.45) is 40.9 Å². The number of sulfonamides is 1. The Labute approximate surface area is 159 Å². The normalized spacial score (nSPS) is 36.3. The van der Waals surface area contributed by atoms with Crippen molar-refractivity contribution in [2.75, 3.05) is 10.5 Å². The summed E-state index contributed by atoms with van der Waals surface area (Å²) in [5.74, 6) is 4.49. The Morgan fingerprint density at radius 3 is 1.88 bits per heavy atom. The third-order valence-corrected chi connectivity index (χ3v) is 8.52. The molecule has 0 spiro atoms. The van der Waals surface area contributed by atoms with E-state index in [1.165, 1.54) is 32.1 Å². The molecule has 4 saturated carbocycles. The second kappa shape index (κ2) is 6.54. The zero-order valence-electron chi connectivity index (χ0n) is 16.3. The van der Waals surface area contributed by atoms with Gasteiger partial charge in [-0.15, -0.1) is 0 Å². The van der Waals surface area contributed by atoms with Crippen LogP contribution in [-0.2, 0) is 10.0 Å². The van der Waals surface area contributed by atoms with Crippen LogP contribution in [0.25, 0.3) is 0 Å². The minimum Gasteiger partial charge on any atom is -0.284 e. The van der Waals surface area contributed by atoms with E-state index in [4.69, 9.17) is 0 Å². The first-order valence-corrected chi connectivity index (χ1v) is 11.9. The van der Waals surface area contributed by atoms with Crippen molar-refractivity contribution in [3.63, 3.8) is 0 Å². The van der Waals surface area contributed by atoms with Crippen LogP contribution >= 0.6 is 0 Å². The number of hydrogen-bond acceptors (Lipinski definition) is 2. The van der Waals surface area contributed by atoms with Gasteiger partial charge in [-0.25, -0.2) is 8.42 Å². The van der Waals surface area contributed by atoms with E-state index in [-0.39, 0.29) is 0 Å². The summed E-state index contributed by atoms with van der Waals surface area (Å²) in [6.45, 7) is 7.09. The van der Waals surface area contributed by atoms with E-state index in [2.05, 4.69) is 25.5 Å². The van der Waals surface area contributed by atoms with Crippen molar-refractivity contribution in [3.05, 3.63) is 30.3 Å². The smallest absolute Gasteiger partial charge is 0.233 e. The Morgan fingerprint density at radius 1 is 0.885 bits per heavy atom. The second-order valence-corrected chi connectivity index (χ2v) is 12.1. The molecule has 0 unspecified atom stereocenters. The fourth-order valence-electron chi connectivity index (χ4n) is 6.40. The van der Waals surface area contributed by atoms with Crippen LogP contribution in [0.15, 0.2) is 30.3 Å². The first-order valence-electron chi connectivity index (χ1n) is 10.3. The van der Waals surface area contributed by atoms with Gasteiger partial charge in [-0.1, -0.05) is 39.0 Å². The van der Waals surface area contributed by atoms with Crippen LogP contribution < -0.4 is 4.72 Å². The molecule has 26 heavy (non-hydrogen) atoms. The summed E-state index contributed by atoms with van der Waals surface area (Å²) >= 11 is 0. The summed E-state index contributed by atoms with van der Waals surface area (Å²) in [4.78, 5) is 0. The molecule has 0 aromatic heterocycles. The maximum atomic E-state index is 12.7. The van der Waals surface area contributed by atoms with E-state index in [1.807, 2.05) is 30.3 Å². The zero-order chi connectivity index (χ0) is 18.5. The average molecular weight is 376 g/mol. The predicted molar refractivity (Wildman–Crippen MR) is 107 cm³/mol. The van der Waals surface area contributed by atoms with Gasteiger partial charge in [0, 0.05) is 5.69 Å². The molecule has 0 amide bonds. The molecule has 1 N–H and O–H groups in total. The Morgan fingerprint density at radius 2 is 1.38 bits per heavy atom. The van der Waals surface area contributed by atoms with Crippen molar-refractivity contribution in [1.82, 2.24) is 0 Å². The third kappa shape index (κ3) is 3.81. The van der Waals surface area contributed by atoms with Gasteiger partial charge in [-0.3, -0.25) is 4.72 Å². The van der Waals surface area contributed by atoms with Crippen molar-refractivity contribution in [1.29, 1.82) is 0 Å². The molecule has 144 valence electrons. The lowest BCUT2D eigenvalue weighted by Crippen LogP contribution is -2.52. The molecule has 1 aromatic rings. The summed E-state index contributed by atoms with van der Waals surface area (Å²) in [5.41, 5.74) is 1.09. The second-order valence-electron chi connectivity index (χ2n) is 10.3. The summed E-state index contributed by atoms with van der Waals surface area (Å²) < 4.78 is 28.3. The molecule has 0 heterocycles. The quantitative estimate of drug-likeness (QED) is 0.772. The number of hydrogen-bond donors (Lipinski definition) is 1. The third-order valence-electron chi connectivity index (χ3n) is 7.15. The number of rotatable bonds is 5. The van der Waals surface area contributed by atoms with Crippen LogP contribution in [-0.4, -0.2) is 14.2 Å². The zero-order valence-corrected chi connectivity index (χ0v) is 17.1. The molecule has 0 saturated heterocycles. The largest absolute Gasteiger partial charge is 0.284 e. The lowest BCUT2D eigenvalue weighted by atomic mass is 9.47. The first kappa shape index (κ1) is 18.3. The summed E-state index contributed by atoms with van der Waals surface area (Å²) in [6.07, 6.45) is 6.39. The standard InChI is InChI=1S/C22H33NO2S/c1-22(2,3)13-20-15-9-17-11-16(20)12-18(10-15)21(17)14-26(24,25)23-19-7-5-4-6-8-19/h4-8,15-18,20-21,23H,9-14H2,1-3H3. The minimum absolute atomic E-state index is 0.306. The Hall–Kier alpha value is -1.03. The highest BCUT2D eigenvalue weighted by molar-refractivity contribution is 7.92. The van der Waals surface area contributed by atoms with Gasteiger partial charge >= 0.3 is 0 Å². The molecule has 4 aliphatic rings. The highest BCUT2D eigenvalue weighted by Crippen LogP contribution is 2.61. The monoisotopic (exact) mass is 375 g/mol. The lowest BCUT2D eigenvalue weighted by Gasteiger charge is -2.59. The maximum Gasteiger partial charge on any atom is 0.233 e. The van der Waals surface area contributed by atoms with Crippen molar-refractivity contribution in [3.8, 4) is 0 Å². The molecule has 0 aliphatic heterocycles. The highest BCUT2D eigenvalue weighted by atomic mass is 32.2. The average Bonchev–Trinajstić information content (AvgIpc) is 2.51. The number of para-hydroxylation sites is 1. The fourth-order valence-corrected chi connectivity index (χ4v) is 8.03. The van der Waals surface area contributed by atoms with Crippen molar-refractivity contribution >= 4 is 15.7 Å². The molecular formula is C22H33NO2S. The molecule has 1 aromatic carbocycles. The van der Waals surface area contributed by atoms with Crippen LogP contribution in [0.5, 0.6) is 0 Å². The Kier molecular flexibility index (Phi) is 4.61.